The summed E-state index contributed by atoms with van der Waals surface area (Å²) in [7, 11) is 0. The lowest BCUT2D eigenvalue weighted by molar-refractivity contribution is -0.123. The second-order valence-corrected chi connectivity index (χ2v) is 3.00. The molecule has 2 nitrogen and oxygen atoms in total. The molecule has 0 radical (unpaired) electrons. The van der Waals surface area contributed by atoms with Gasteiger partial charge in [0.25, 0.3) is 0 Å². The third kappa shape index (κ3) is 2.53. The Morgan fingerprint density at radius 3 is 3.17 bits per heavy atom. The van der Waals surface area contributed by atoms with E-state index in [1.807, 2.05) is 6.08 Å². The minimum absolute atomic E-state index is 0.0960. The second kappa shape index (κ2) is 4.75. The summed E-state index contributed by atoms with van der Waals surface area (Å²) < 4.78 is 0. The largest absolute Gasteiger partial charge is 0.352 e. The van der Waals surface area contributed by atoms with Crippen LogP contribution in [-0.2, 0) is 4.79 Å². The highest BCUT2D eigenvalue weighted by Gasteiger charge is 2.15. The molecule has 1 rings (SSSR count). The van der Waals surface area contributed by atoms with Gasteiger partial charge in [0.2, 0.25) is 5.91 Å². The number of carbonyl (C=O) groups is 1. The summed E-state index contributed by atoms with van der Waals surface area (Å²) in [6.07, 6.45) is 9.02. The van der Waals surface area contributed by atoms with Crippen molar-refractivity contribution in [2.45, 2.75) is 19.3 Å². The summed E-state index contributed by atoms with van der Waals surface area (Å²) in [6.45, 7) is 4.12. The van der Waals surface area contributed by atoms with Crippen molar-refractivity contribution in [2.75, 3.05) is 6.54 Å². The van der Waals surface area contributed by atoms with Gasteiger partial charge in [0.1, 0.15) is 0 Å². The van der Waals surface area contributed by atoms with Gasteiger partial charge in [0.05, 0.1) is 5.92 Å². The van der Waals surface area contributed by atoms with Gasteiger partial charge >= 0.3 is 0 Å². The summed E-state index contributed by atoms with van der Waals surface area (Å²) in [4.78, 5) is 11.3. The zero-order chi connectivity index (χ0) is 8.81. The van der Waals surface area contributed by atoms with Crippen LogP contribution >= 0.6 is 0 Å². The monoisotopic (exact) mass is 165 g/mol. The van der Waals surface area contributed by atoms with E-state index in [4.69, 9.17) is 0 Å². The number of amides is 1. The lowest BCUT2D eigenvalue weighted by Crippen LogP contribution is -2.30. The Hall–Kier alpha value is -1.05. The second-order valence-electron chi connectivity index (χ2n) is 3.00. The fourth-order valence-electron chi connectivity index (χ4n) is 1.33. The maximum atomic E-state index is 11.3. The fourth-order valence-corrected chi connectivity index (χ4v) is 1.33. The molecule has 1 N–H and O–H groups in total. The molecule has 12 heavy (non-hydrogen) atoms. The Bertz CT molecular complexity index is 196. The number of nitrogens with one attached hydrogen (secondary N) is 1. The molecule has 0 spiro atoms. The van der Waals surface area contributed by atoms with Crippen LogP contribution in [0.25, 0.3) is 0 Å². The third-order valence-electron chi connectivity index (χ3n) is 2.01. The molecule has 1 aliphatic rings. The van der Waals surface area contributed by atoms with E-state index in [9.17, 15) is 4.79 Å². The molecule has 0 saturated carbocycles. The van der Waals surface area contributed by atoms with E-state index in [0.29, 0.717) is 6.54 Å². The lowest BCUT2D eigenvalue weighted by Gasteiger charge is -2.14. The van der Waals surface area contributed by atoms with Crippen LogP contribution < -0.4 is 5.32 Å². The Kier molecular flexibility index (Phi) is 3.58. The van der Waals surface area contributed by atoms with Crippen molar-refractivity contribution >= 4 is 5.91 Å². The van der Waals surface area contributed by atoms with E-state index in [1.54, 1.807) is 6.08 Å². The van der Waals surface area contributed by atoms with Gasteiger partial charge in [-0.3, -0.25) is 4.79 Å². The number of rotatable bonds is 3. The van der Waals surface area contributed by atoms with Crippen molar-refractivity contribution < 1.29 is 4.79 Å². The van der Waals surface area contributed by atoms with Gasteiger partial charge in [-0.25, -0.2) is 0 Å². The first-order chi connectivity index (χ1) is 5.84. The molecule has 0 aromatic heterocycles. The van der Waals surface area contributed by atoms with Crippen molar-refractivity contribution in [1.29, 1.82) is 0 Å². The molecule has 0 heterocycles. The van der Waals surface area contributed by atoms with Crippen LogP contribution in [0, 0.1) is 5.92 Å². The maximum absolute atomic E-state index is 11.3. The molecule has 1 unspecified atom stereocenters. The molecule has 0 aromatic carbocycles. The minimum Gasteiger partial charge on any atom is -0.352 e. The quantitative estimate of drug-likeness (QED) is 0.633. The van der Waals surface area contributed by atoms with E-state index in [1.165, 1.54) is 0 Å². The van der Waals surface area contributed by atoms with Crippen molar-refractivity contribution in [3.05, 3.63) is 24.8 Å². The van der Waals surface area contributed by atoms with E-state index in [0.717, 1.165) is 19.3 Å². The van der Waals surface area contributed by atoms with Gasteiger partial charge < -0.3 is 5.32 Å². The van der Waals surface area contributed by atoms with Crippen LogP contribution in [0.4, 0.5) is 0 Å². The first kappa shape index (κ1) is 9.04. The molecule has 66 valence electrons. The molecule has 2 heteroatoms. The third-order valence-corrected chi connectivity index (χ3v) is 2.01. The summed E-state index contributed by atoms with van der Waals surface area (Å²) in [6, 6.07) is 0. The van der Waals surface area contributed by atoms with Crippen LogP contribution in [0.3, 0.4) is 0 Å². The smallest absolute Gasteiger partial charge is 0.227 e. The zero-order valence-corrected chi connectivity index (χ0v) is 7.25. The van der Waals surface area contributed by atoms with E-state index < -0.39 is 0 Å². The van der Waals surface area contributed by atoms with Gasteiger partial charge in [-0.05, 0) is 19.3 Å². The van der Waals surface area contributed by atoms with Crippen LogP contribution in [0.5, 0.6) is 0 Å². The Morgan fingerprint density at radius 2 is 2.58 bits per heavy atom. The average molecular weight is 165 g/mol. The molecule has 1 atom stereocenters. The SMILES string of the molecule is C=CCNC(=O)C1C=CCCC1. The molecular weight excluding hydrogens is 150 g/mol. The van der Waals surface area contributed by atoms with Crippen molar-refractivity contribution in [3.8, 4) is 0 Å². The Morgan fingerprint density at radius 1 is 1.75 bits per heavy atom. The van der Waals surface area contributed by atoms with E-state index in [-0.39, 0.29) is 11.8 Å². The minimum atomic E-state index is 0.0960. The summed E-state index contributed by atoms with van der Waals surface area (Å²) in [5.74, 6) is 0.226. The van der Waals surface area contributed by atoms with Crippen molar-refractivity contribution in [2.24, 2.45) is 5.92 Å². The molecular formula is C10H15NO. The van der Waals surface area contributed by atoms with Gasteiger partial charge in [-0.1, -0.05) is 18.2 Å². The molecule has 1 aliphatic carbocycles. The maximum Gasteiger partial charge on any atom is 0.227 e. The molecule has 0 saturated heterocycles. The highest BCUT2D eigenvalue weighted by atomic mass is 16.1. The number of hydrogen-bond donors (Lipinski definition) is 1. The van der Waals surface area contributed by atoms with E-state index in [2.05, 4.69) is 18.0 Å². The first-order valence-corrected chi connectivity index (χ1v) is 4.40. The molecule has 0 aliphatic heterocycles. The zero-order valence-electron chi connectivity index (χ0n) is 7.25. The van der Waals surface area contributed by atoms with Crippen LogP contribution in [0.15, 0.2) is 24.8 Å². The number of allylic oxidation sites excluding steroid dienone is 1. The van der Waals surface area contributed by atoms with Gasteiger partial charge in [0, 0.05) is 6.54 Å². The lowest BCUT2D eigenvalue weighted by atomic mass is 9.95. The molecule has 0 fully saturated rings. The predicted molar refractivity (Wildman–Crippen MR) is 49.7 cm³/mol. The highest BCUT2D eigenvalue weighted by molar-refractivity contribution is 5.80. The number of carbonyl (C=O) groups excluding carboxylic acids is 1. The first-order valence-electron chi connectivity index (χ1n) is 4.40. The normalized spacial score (nSPS) is 21.8. The van der Waals surface area contributed by atoms with Gasteiger partial charge in [-0.2, -0.15) is 0 Å². The van der Waals surface area contributed by atoms with Crippen LogP contribution in [0.1, 0.15) is 19.3 Å². The van der Waals surface area contributed by atoms with Crippen molar-refractivity contribution in [3.63, 3.8) is 0 Å². The summed E-state index contributed by atoms with van der Waals surface area (Å²) in [5.41, 5.74) is 0. The predicted octanol–water partition coefficient (Wildman–Crippen LogP) is 1.64. The molecule has 1 amide bonds. The Balaban J connectivity index is 2.35. The van der Waals surface area contributed by atoms with Gasteiger partial charge in [0.15, 0.2) is 0 Å². The number of hydrogen-bond acceptors (Lipinski definition) is 1. The molecule has 0 aromatic rings. The van der Waals surface area contributed by atoms with Gasteiger partial charge in [-0.15, -0.1) is 6.58 Å². The summed E-state index contributed by atoms with van der Waals surface area (Å²) in [5, 5.41) is 2.79. The Labute approximate surface area is 73.4 Å². The van der Waals surface area contributed by atoms with E-state index >= 15 is 0 Å². The highest BCUT2D eigenvalue weighted by Crippen LogP contribution is 2.16. The molecule has 0 bridgehead atoms. The fraction of sp³-hybridized carbons (Fsp3) is 0.500. The topological polar surface area (TPSA) is 29.1 Å². The average Bonchev–Trinajstić information content (AvgIpc) is 2.15. The van der Waals surface area contributed by atoms with Crippen molar-refractivity contribution in [1.82, 2.24) is 5.32 Å². The van der Waals surface area contributed by atoms with Crippen LogP contribution in [0.2, 0.25) is 0 Å². The standard InChI is InChI=1S/C10H15NO/c1-2-8-11-10(12)9-6-4-3-5-7-9/h2,4,6,9H,1,3,5,7-8H2,(H,11,12). The van der Waals surface area contributed by atoms with Crippen LogP contribution in [-0.4, -0.2) is 12.5 Å². The summed E-state index contributed by atoms with van der Waals surface area (Å²) >= 11 is 0.